The van der Waals surface area contributed by atoms with E-state index in [4.69, 9.17) is 16.6 Å². The molecule has 6 nitrogen and oxygen atoms in total. The van der Waals surface area contributed by atoms with Crippen molar-refractivity contribution in [2.24, 2.45) is 5.92 Å². The van der Waals surface area contributed by atoms with Gasteiger partial charge in [-0.05, 0) is 53.2 Å². The summed E-state index contributed by atoms with van der Waals surface area (Å²) in [6.07, 6.45) is 3.69. The maximum Gasteiger partial charge on any atom is 0.229 e. The second-order valence-corrected chi connectivity index (χ2v) is 10.3. The van der Waals surface area contributed by atoms with Crippen LogP contribution in [-0.4, -0.2) is 45.0 Å². The molecule has 1 aliphatic heterocycles. The van der Waals surface area contributed by atoms with Crippen molar-refractivity contribution >= 4 is 44.9 Å². The lowest BCUT2D eigenvalue weighted by Crippen LogP contribution is -2.41. The molecule has 1 aliphatic rings. The Labute approximate surface area is 218 Å². The lowest BCUT2D eigenvalue weighted by atomic mass is 9.94. The van der Waals surface area contributed by atoms with E-state index >= 15 is 0 Å². The zero-order valence-corrected chi connectivity index (χ0v) is 21.8. The summed E-state index contributed by atoms with van der Waals surface area (Å²) in [7, 11) is 0. The summed E-state index contributed by atoms with van der Waals surface area (Å²) in [5.41, 5.74) is 3.48. The van der Waals surface area contributed by atoms with E-state index in [2.05, 4.69) is 26.3 Å². The number of carbonyl (C=O) groups excluding carboxylic acids is 1. The van der Waals surface area contributed by atoms with Crippen molar-refractivity contribution in [3.63, 3.8) is 0 Å². The third-order valence-corrected chi connectivity index (χ3v) is 7.64. The van der Waals surface area contributed by atoms with E-state index < -0.39 is 0 Å². The molecule has 1 fully saturated rings. The van der Waals surface area contributed by atoms with Gasteiger partial charge in [0.05, 0.1) is 22.3 Å². The molecular formula is C27H27BrClN5O. The second kappa shape index (κ2) is 10.4. The number of piperidine rings is 1. The first-order valence-electron chi connectivity index (χ1n) is 11.9. The normalized spacial score (nSPS) is 15.3. The van der Waals surface area contributed by atoms with Crippen LogP contribution in [0, 0.1) is 5.92 Å². The number of hydrogen-bond donors (Lipinski definition) is 1. The predicted octanol–water partition coefficient (Wildman–Crippen LogP) is 6.27. The number of rotatable bonds is 6. The molecule has 1 amide bonds. The van der Waals surface area contributed by atoms with E-state index in [0.717, 1.165) is 65.2 Å². The molecule has 35 heavy (non-hydrogen) atoms. The number of carbonyl (C=O) groups is 1. The quantitative estimate of drug-likeness (QED) is 0.306. The van der Waals surface area contributed by atoms with Crippen molar-refractivity contribution < 1.29 is 4.79 Å². The Bertz CT molecular complexity index is 1330. The van der Waals surface area contributed by atoms with Gasteiger partial charge < -0.3 is 10.2 Å². The third kappa shape index (κ3) is 5.07. The fraction of sp³-hybridized carbons (Fsp3) is 0.296. The van der Waals surface area contributed by atoms with Crippen LogP contribution >= 0.6 is 27.5 Å². The minimum absolute atomic E-state index is 0.113. The van der Waals surface area contributed by atoms with E-state index in [1.54, 1.807) is 6.20 Å². The first-order chi connectivity index (χ1) is 17.0. The van der Waals surface area contributed by atoms with Crippen LogP contribution in [-0.2, 0) is 4.79 Å². The van der Waals surface area contributed by atoms with Gasteiger partial charge in [-0.25, -0.2) is 4.98 Å². The summed E-state index contributed by atoms with van der Waals surface area (Å²) in [6.45, 7) is 4.37. The van der Waals surface area contributed by atoms with Crippen molar-refractivity contribution in [3.8, 4) is 11.3 Å². The molecule has 0 spiro atoms. The minimum atomic E-state index is -0.113. The van der Waals surface area contributed by atoms with Crippen LogP contribution < -0.4 is 5.32 Å². The van der Waals surface area contributed by atoms with Gasteiger partial charge >= 0.3 is 0 Å². The Kier molecular flexibility index (Phi) is 7.07. The smallest absolute Gasteiger partial charge is 0.229 e. The van der Waals surface area contributed by atoms with Crippen molar-refractivity contribution in [3.05, 3.63) is 81.9 Å². The number of nitrogens with one attached hydrogen (secondary N) is 1. The first kappa shape index (κ1) is 23.8. The van der Waals surface area contributed by atoms with E-state index in [9.17, 15) is 4.79 Å². The number of likely N-dealkylation sites (tertiary alicyclic amines) is 1. The molecule has 8 heteroatoms. The van der Waals surface area contributed by atoms with Gasteiger partial charge in [0.15, 0.2) is 5.65 Å². The number of fused-ring (bicyclic) bond motifs is 1. The molecule has 1 saturated heterocycles. The van der Waals surface area contributed by atoms with Crippen LogP contribution in [0.1, 0.15) is 31.2 Å². The molecule has 1 unspecified atom stereocenters. The highest BCUT2D eigenvalue weighted by Crippen LogP contribution is 2.31. The minimum Gasteiger partial charge on any atom is -0.370 e. The summed E-state index contributed by atoms with van der Waals surface area (Å²) in [4.78, 5) is 19.8. The van der Waals surface area contributed by atoms with Crippen LogP contribution in [0.5, 0.6) is 0 Å². The van der Waals surface area contributed by atoms with Crippen molar-refractivity contribution in [1.82, 2.24) is 19.5 Å². The van der Waals surface area contributed by atoms with Crippen molar-refractivity contribution in [2.45, 2.75) is 25.7 Å². The van der Waals surface area contributed by atoms with Gasteiger partial charge in [0.2, 0.25) is 5.91 Å². The maximum absolute atomic E-state index is 13.0. The molecule has 1 atom stereocenters. The number of halogens is 2. The van der Waals surface area contributed by atoms with Gasteiger partial charge in [-0.3, -0.25) is 4.79 Å². The topological polar surface area (TPSA) is 62.5 Å². The molecule has 180 valence electrons. The summed E-state index contributed by atoms with van der Waals surface area (Å²) in [5, 5.41) is 8.73. The zero-order chi connectivity index (χ0) is 24.4. The Hall–Kier alpha value is -2.90. The molecule has 5 rings (SSSR count). The molecule has 0 saturated carbocycles. The average molecular weight is 553 g/mol. The van der Waals surface area contributed by atoms with Gasteiger partial charge in [-0.1, -0.05) is 60.1 Å². The molecule has 2 aromatic heterocycles. The fourth-order valence-electron chi connectivity index (χ4n) is 4.63. The Morgan fingerprint density at radius 3 is 2.60 bits per heavy atom. The van der Waals surface area contributed by atoms with Crippen LogP contribution in [0.25, 0.3) is 16.9 Å². The monoisotopic (exact) mass is 551 g/mol. The Balaban J connectivity index is 1.26. The molecule has 0 radical (unpaired) electrons. The number of amides is 1. The molecular weight excluding hydrogens is 526 g/mol. The third-order valence-electron chi connectivity index (χ3n) is 6.75. The van der Waals surface area contributed by atoms with Gasteiger partial charge in [0.1, 0.15) is 5.82 Å². The number of benzene rings is 2. The van der Waals surface area contributed by atoms with Crippen molar-refractivity contribution in [2.75, 3.05) is 25.0 Å². The van der Waals surface area contributed by atoms with E-state index in [1.807, 2.05) is 77.0 Å². The Morgan fingerprint density at radius 2 is 1.86 bits per heavy atom. The zero-order valence-electron chi connectivity index (χ0n) is 19.5. The molecule has 2 aromatic carbocycles. The van der Waals surface area contributed by atoms with Gasteiger partial charge in [-0.15, -0.1) is 0 Å². The summed E-state index contributed by atoms with van der Waals surface area (Å²) in [5.74, 6) is 1.44. The SMILES string of the molecule is CC(C(=O)N1CCC(CNc2cc(-c3ccccc3Cl)nc3c(Br)cnn23)CC1)c1ccccc1. The van der Waals surface area contributed by atoms with E-state index in [0.29, 0.717) is 10.9 Å². The number of nitrogens with zero attached hydrogens (tertiary/aromatic N) is 4. The highest BCUT2D eigenvalue weighted by molar-refractivity contribution is 9.10. The van der Waals surface area contributed by atoms with E-state index in [-0.39, 0.29) is 11.8 Å². The molecule has 1 N–H and O–H groups in total. The first-order valence-corrected chi connectivity index (χ1v) is 13.0. The summed E-state index contributed by atoms with van der Waals surface area (Å²) < 4.78 is 2.64. The van der Waals surface area contributed by atoms with E-state index in [1.165, 1.54) is 0 Å². The molecule has 4 aromatic rings. The number of aromatic nitrogens is 3. The largest absolute Gasteiger partial charge is 0.370 e. The van der Waals surface area contributed by atoms with Crippen LogP contribution in [0.15, 0.2) is 71.3 Å². The van der Waals surface area contributed by atoms with Crippen molar-refractivity contribution in [1.29, 1.82) is 0 Å². The second-order valence-electron chi connectivity index (χ2n) is 9.02. The summed E-state index contributed by atoms with van der Waals surface area (Å²) >= 11 is 10.0. The predicted molar refractivity (Wildman–Crippen MR) is 144 cm³/mol. The average Bonchev–Trinajstić information content (AvgIpc) is 3.28. The standard InChI is InChI=1S/C27H27BrClN5O/c1-18(20-7-3-2-4-8-20)27(35)33-13-11-19(12-14-33)16-30-25-15-24(21-9-5-6-10-23(21)29)32-26-22(28)17-31-34(25)26/h2-10,15,17-19,30H,11-14,16H2,1H3. The van der Waals surface area contributed by atoms with Gasteiger partial charge in [0.25, 0.3) is 0 Å². The van der Waals surface area contributed by atoms with Crippen LogP contribution in [0.2, 0.25) is 5.02 Å². The van der Waals surface area contributed by atoms with Gasteiger partial charge in [-0.2, -0.15) is 9.61 Å². The number of anilines is 1. The lowest BCUT2D eigenvalue weighted by molar-refractivity contribution is -0.133. The summed E-state index contributed by atoms with van der Waals surface area (Å²) in [6, 6.07) is 19.7. The highest BCUT2D eigenvalue weighted by atomic mass is 79.9. The van der Waals surface area contributed by atoms with Crippen LogP contribution in [0.3, 0.4) is 0 Å². The highest BCUT2D eigenvalue weighted by Gasteiger charge is 2.27. The lowest BCUT2D eigenvalue weighted by Gasteiger charge is -2.34. The molecule has 0 bridgehead atoms. The molecule has 0 aliphatic carbocycles. The Morgan fingerprint density at radius 1 is 1.14 bits per heavy atom. The number of hydrogen-bond acceptors (Lipinski definition) is 4. The van der Waals surface area contributed by atoms with Gasteiger partial charge in [0, 0.05) is 36.3 Å². The van der Waals surface area contributed by atoms with Crippen LogP contribution in [0.4, 0.5) is 5.82 Å². The molecule has 3 heterocycles. The fourth-order valence-corrected chi connectivity index (χ4v) is 5.21. The maximum atomic E-state index is 13.0.